The van der Waals surface area contributed by atoms with E-state index in [1.165, 1.54) is 27.9 Å². The highest BCUT2D eigenvalue weighted by molar-refractivity contribution is 5.99. The van der Waals surface area contributed by atoms with Crippen LogP contribution in [0, 0.1) is 27.7 Å². The molecule has 2 aromatic carbocycles. The Morgan fingerprint density at radius 1 is 0.852 bits per heavy atom. The molecule has 0 amide bonds. The van der Waals surface area contributed by atoms with Gasteiger partial charge >= 0.3 is 0 Å². The lowest BCUT2D eigenvalue weighted by molar-refractivity contribution is -0.662. The highest BCUT2D eigenvalue weighted by Crippen LogP contribution is 2.33. The maximum atomic E-state index is 4.74. The Morgan fingerprint density at radius 2 is 1.67 bits per heavy atom. The normalized spacial score (nSPS) is 11.1. The topological polar surface area (TPSA) is 42.6 Å². The van der Waals surface area contributed by atoms with Gasteiger partial charge in [-0.15, -0.1) is 0 Å². The van der Waals surface area contributed by atoms with Crippen molar-refractivity contribution in [2.45, 2.75) is 27.7 Å². The van der Waals surface area contributed by atoms with E-state index in [4.69, 9.17) is 4.98 Å². The second kappa shape index (κ2) is 6.54. The number of nitrogens with zero attached hydrogens (tertiary/aromatic N) is 4. The van der Waals surface area contributed by atoms with Crippen LogP contribution in [0.1, 0.15) is 22.4 Å². The van der Waals surface area contributed by atoms with E-state index in [9.17, 15) is 0 Å². The molecule has 0 aliphatic heterocycles. The Kier molecular flexibility index (Phi) is 4.19. The van der Waals surface area contributed by atoms with Crippen molar-refractivity contribution in [2.75, 3.05) is 0 Å². The van der Waals surface area contributed by atoms with Gasteiger partial charge in [-0.2, -0.15) is 0 Å². The monoisotopic (exact) mass is 355 g/mol. The summed E-state index contributed by atoms with van der Waals surface area (Å²) in [7, 11) is 2.05. The van der Waals surface area contributed by atoms with Gasteiger partial charge in [0.2, 0.25) is 0 Å². The zero-order valence-corrected chi connectivity index (χ0v) is 16.4. The second-order valence-electron chi connectivity index (χ2n) is 7.20. The Morgan fingerprint density at radius 3 is 2.41 bits per heavy atom. The highest BCUT2D eigenvalue weighted by Gasteiger charge is 2.20. The summed E-state index contributed by atoms with van der Waals surface area (Å²) >= 11 is 0. The molecule has 0 saturated heterocycles. The van der Waals surface area contributed by atoms with Crippen LogP contribution in [0.2, 0.25) is 0 Å². The Hall–Kier alpha value is -3.14. The maximum absolute atomic E-state index is 4.74. The molecule has 2 heterocycles. The van der Waals surface area contributed by atoms with Crippen LogP contribution >= 0.6 is 0 Å². The van der Waals surface area contributed by atoms with Gasteiger partial charge in [0, 0.05) is 11.8 Å². The van der Waals surface area contributed by atoms with Crippen molar-refractivity contribution in [3.05, 3.63) is 71.4 Å². The zero-order valence-electron chi connectivity index (χ0n) is 16.4. The van der Waals surface area contributed by atoms with Crippen LogP contribution in [-0.2, 0) is 7.05 Å². The molecule has 27 heavy (non-hydrogen) atoms. The Bertz CT molecular complexity index is 1160. The summed E-state index contributed by atoms with van der Waals surface area (Å²) < 4.78 is 2.11. The molecule has 0 fully saturated rings. The summed E-state index contributed by atoms with van der Waals surface area (Å²) in [5, 5.41) is 1.12. The molecule has 0 spiro atoms. The molecule has 0 radical (unpaired) electrons. The van der Waals surface area contributed by atoms with E-state index in [1.54, 1.807) is 6.20 Å². The third-order valence-electron chi connectivity index (χ3n) is 5.13. The van der Waals surface area contributed by atoms with E-state index in [1.807, 2.05) is 19.4 Å². The first kappa shape index (κ1) is 17.3. The lowest BCUT2D eigenvalue weighted by atomic mass is 9.94. The molecule has 4 rings (SSSR count). The van der Waals surface area contributed by atoms with Gasteiger partial charge < -0.3 is 0 Å². The van der Waals surface area contributed by atoms with Crippen molar-refractivity contribution in [2.24, 2.45) is 7.05 Å². The van der Waals surface area contributed by atoms with Gasteiger partial charge in [0.15, 0.2) is 5.52 Å². The van der Waals surface area contributed by atoms with Crippen molar-refractivity contribution in [1.29, 1.82) is 0 Å². The first-order chi connectivity index (χ1) is 13.0. The summed E-state index contributed by atoms with van der Waals surface area (Å²) in [5.41, 5.74) is 9.98. The molecule has 0 unspecified atom stereocenters. The number of rotatable bonds is 2. The quantitative estimate of drug-likeness (QED) is 0.500. The summed E-state index contributed by atoms with van der Waals surface area (Å²) in [4.78, 5) is 13.7. The molecule has 0 saturated carbocycles. The minimum atomic E-state index is 0.843. The number of hydrogen-bond donors (Lipinski definition) is 0. The molecule has 134 valence electrons. The predicted molar refractivity (Wildman–Crippen MR) is 108 cm³/mol. The summed E-state index contributed by atoms with van der Waals surface area (Å²) in [6.45, 7) is 8.44. The molecule has 4 aromatic rings. The molecular formula is C23H23N4+. The third kappa shape index (κ3) is 2.97. The van der Waals surface area contributed by atoms with Gasteiger partial charge in [0.05, 0.1) is 35.6 Å². The van der Waals surface area contributed by atoms with Crippen LogP contribution in [0.25, 0.3) is 33.4 Å². The van der Waals surface area contributed by atoms with Crippen LogP contribution in [0.3, 0.4) is 0 Å². The fourth-order valence-electron chi connectivity index (χ4n) is 3.62. The standard InChI is InChI=1S/C23H23N4/c1-14-9-15(2)17(4)20(10-14)23-19-8-6-7-18(22(19)26-13-27(23)5)21-12-24-16(3)11-25-21/h6-13H,1-5H3/q+1. The molecule has 4 nitrogen and oxygen atoms in total. The summed E-state index contributed by atoms with van der Waals surface area (Å²) in [6.07, 6.45) is 5.51. The van der Waals surface area contributed by atoms with Gasteiger partial charge in [0.25, 0.3) is 6.33 Å². The van der Waals surface area contributed by atoms with Crippen molar-refractivity contribution in [1.82, 2.24) is 15.0 Å². The minimum absolute atomic E-state index is 0.843. The number of hydrogen-bond acceptors (Lipinski definition) is 3. The van der Waals surface area contributed by atoms with E-state index < -0.39 is 0 Å². The van der Waals surface area contributed by atoms with Gasteiger partial charge in [-0.3, -0.25) is 9.97 Å². The van der Waals surface area contributed by atoms with Gasteiger partial charge in [-0.05, 0) is 62.0 Å². The molecule has 0 aliphatic rings. The molecule has 2 aromatic heterocycles. The Balaban J connectivity index is 2.05. The SMILES string of the molecule is Cc1cc(C)c(C)c(-c2c3cccc(-c4cnc(C)cn4)c3nc[n+]2C)c1. The van der Waals surface area contributed by atoms with Crippen LogP contribution in [-0.4, -0.2) is 15.0 Å². The van der Waals surface area contributed by atoms with E-state index >= 15 is 0 Å². The molecular weight excluding hydrogens is 332 g/mol. The fraction of sp³-hybridized carbons (Fsp3) is 0.217. The van der Waals surface area contributed by atoms with Crippen LogP contribution in [0.4, 0.5) is 0 Å². The largest absolute Gasteiger partial charge is 0.287 e. The highest BCUT2D eigenvalue weighted by atomic mass is 15.0. The maximum Gasteiger partial charge on any atom is 0.287 e. The van der Waals surface area contributed by atoms with E-state index in [0.29, 0.717) is 0 Å². The van der Waals surface area contributed by atoms with E-state index in [-0.39, 0.29) is 0 Å². The number of benzene rings is 2. The predicted octanol–water partition coefficient (Wildman–Crippen LogP) is 4.42. The van der Waals surface area contributed by atoms with Crippen LogP contribution in [0.15, 0.2) is 49.1 Å². The van der Waals surface area contributed by atoms with E-state index in [0.717, 1.165) is 27.9 Å². The van der Waals surface area contributed by atoms with Crippen molar-refractivity contribution >= 4 is 10.9 Å². The molecule has 4 heteroatoms. The first-order valence-electron chi connectivity index (χ1n) is 9.10. The Labute approximate surface area is 159 Å². The van der Waals surface area contributed by atoms with Gasteiger partial charge in [0.1, 0.15) is 5.69 Å². The lowest BCUT2D eigenvalue weighted by Gasteiger charge is -2.13. The fourth-order valence-corrected chi connectivity index (χ4v) is 3.62. The smallest absolute Gasteiger partial charge is 0.258 e. The summed E-state index contributed by atoms with van der Waals surface area (Å²) in [5.74, 6) is 0. The average molecular weight is 355 g/mol. The number of aromatic nitrogens is 4. The number of para-hydroxylation sites is 1. The average Bonchev–Trinajstić information content (AvgIpc) is 2.65. The minimum Gasteiger partial charge on any atom is -0.258 e. The van der Waals surface area contributed by atoms with Gasteiger partial charge in [-0.1, -0.05) is 17.7 Å². The van der Waals surface area contributed by atoms with Gasteiger partial charge in [-0.25, -0.2) is 4.57 Å². The van der Waals surface area contributed by atoms with E-state index in [2.05, 4.69) is 72.7 Å². The second-order valence-corrected chi connectivity index (χ2v) is 7.20. The molecule has 0 bridgehead atoms. The van der Waals surface area contributed by atoms with Crippen molar-refractivity contribution < 1.29 is 4.57 Å². The van der Waals surface area contributed by atoms with Crippen molar-refractivity contribution in [3.63, 3.8) is 0 Å². The molecule has 0 aliphatic carbocycles. The lowest BCUT2D eigenvalue weighted by Crippen LogP contribution is -2.32. The molecule has 0 N–H and O–H groups in total. The number of aryl methyl sites for hydroxylation is 4. The van der Waals surface area contributed by atoms with Crippen LogP contribution in [0.5, 0.6) is 0 Å². The third-order valence-corrected chi connectivity index (χ3v) is 5.13. The molecule has 0 atom stereocenters. The zero-order chi connectivity index (χ0) is 19.1. The van der Waals surface area contributed by atoms with Crippen LogP contribution < -0.4 is 4.57 Å². The summed E-state index contributed by atoms with van der Waals surface area (Å²) in [6, 6.07) is 10.8. The first-order valence-corrected chi connectivity index (χ1v) is 9.10. The number of fused-ring (bicyclic) bond motifs is 1. The van der Waals surface area contributed by atoms with Crippen molar-refractivity contribution in [3.8, 4) is 22.5 Å².